The number of carbonyl (C=O) groups excluding carboxylic acids is 1. The van der Waals surface area contributed by atoms with Crippen molar-refractivity contribution >= 4 is 27.3 Å². The van der Waals surface area contributed by atoms with E-state index in [9.17, 15) is 26.4 Å². The van der Waals surface area contributed by atoms with Gasteiger partial charge in [-0.15, -0.1) is 0 Å². The van der Waals surface area contributed by atoms with Crippen LogP contribution in [-0.2, 0) is 16.2 Å². The van der Waals surface area contributed by atoms with Gasteiger partial charge in [-0.25, -0.2) is 8.42 Å². The summed E-state index contributed by atoms with van der Waals surface area (Å²) in [5.41, 5.74) is 0.486. The highest BCUT2D eigenvalue weighted by Crippen LogP contribution is 2.31. The first kappa shape index (κ1) is 21.4. The van der Waals surface area contributed by atoms with E-state index in [2.05, 4.69) is 10.0 Å². The van der Waals surface area contributed by atoms with Crippen LogP contribution in [0.2, 0.25) is 0 Å². The molecule has 3 aromatic carbocycles. The van der Waals surface area contributed by atoms with Crippen molar-refractivity contribution in [2.24, 2.45) is 0 Å². The number of anilines is 2. The molecule has 0 aliphatic carbocycles. The molecular weight excluding hydrogens is 417 g/mol. The van der Waals surface area contributed by atoms with E-state index in [4.69, 9.17) is 0 Å². The lowest BCUT2D eigenvalue weighted by Gasteiger charge is -2.12. The van der Waals surface area contributed by atoms with Gasteiger partial charge in [0.05, 0.1) is 10.5 Å². The SMILES string of the molecule is Cc1ccccc1C(=O)Nc1ccc(S(=O)(=O)Nc2cccc(C(F)(F)F)c2)cc1. The summed E-state index contributed by atoms with van der Waals surface area (Å²) in [5, 5.41) is 2.67. The predicted molar refractivity (Wildman–Crippen MR) is 108 cm³/mol. The molecule has 2 N–H and O–H groups in total. The van der Waals surface area contributed by atoms with Gasteiger partial charge in [-0.1, -0.05) is 24.3 Å². The first-order chi connectivity index (χ1) is 14.1. The second-order valence-electron chi connectivity index (χ2n) is 6.48. The molecule has 0 saturated heterocycles. The molecule has 0 radical (unpaired) electrons. The van der Waals surface area contributed by atoms with Gasteiger partial charge in [0.1, 0.15) is 0 Å². The highest BCUT2D eigenvalue weighted by molar-refractivity contribution is 7.92. The van der Waals surface area contributed by atoms with Crippen LogP contribution >= 0.6 is 0 Å². The van der Waals surface area contributed by atoms with Gasteiger partial charge in [-0.05, 0) is 61.0 Å². The number of benzene rings is 3. The molecule has 156 valence electrons. The molecule has 0 heterocycles. The average molecular weight is 434 g/mol. The number of hydrogen-bond donors (Lipinski definition) is 2. The van der Waals surface area contributed by atoms with Crippen LogP contribution in [0.1, 0.15) is 21.5 Å². The van der Waals surface area contributed by atoms with Gasteiger partial charge >= 0.3 is 6.18 Å². The van der Waals surface area contributed by atoms with Crippen molar-refractivity contribution in [3.63, 3.8) is 0 Å². The minimum absolute atomic E-state index is 0.159. The van der Waals surface area contributed by atoms with Gasteiger partial charge in [0.2, 0.25) is 0 Å². The number of alkyl halides is 3. The third-order valence-corrected chi connectivity index (χ3v) is 5.65. The Morgan fingerprint density at radius 1 is 0.867 bits per heavy atom. The van der Waals surface area contributed by atoms with Gasteiger partial charge in [-0.3, -0.25) is 9.52 Å². The van der Waals surface area contributed by atoms with Crippen molar-refractivity contribution < 1.29 is 26.4 Å². The van der Waals surface area contributed by atoms with Crippen LogP contribution in [0, 0.1) is 6.92 Å². The average Bonchev–Trinajstić information content (AvgIpc) is 2.68. The summed E-state index contributed by atoms with van der Waals surface area (Å²) in [7, 11) is -4.11. The highest BCUT2D eigenvalue weighted by Gasteiger charge is 2.30. The normalized spacial score (nSPS) is 11.7. The van der Waals surface area contributed by atoms with E-state index < -0.39 is 21.8 Å². The zero-order valence-electron chi connectivity index (χ0n) is 15.7. The zero-order valence-corrected chi connectivity index (χ0v) is 16.5. The standard InChI is InChI=1S/C21H17F3N2O3S/c1-14-5-2-3-8-19(14)20(27)25-16-9-11-18(12-10-16)30(28,29)26-17-7-4-6-15(13-17)21(22,23)24/h2-13,26H,1H3,(H,25,27). The van der Waals surface area contributed by atoms with Crippen LogP contribution in [0.5, 0.6) is 0 Å². The maximum Gasteiger partial charge on any atom is 0.416 e. The number of rotatable bonds is 5. The number of aryl methyl sites for hydroxylation is 1. The molecule has 0 bridgehead atoms. The summed E-state index contributed by atoms with van der Waals surface area (Å²) in [4.78, 5) is 12.2. The van der Waals surface area contributed by atoms with Gasteiger partial charge in [-0.2, -0.15) is 13.2 Å². The Labute approximate surface area is 171 Å². The Bertz CT molecular complexity index is 1170. The van der Waals surface area contributed by atoms with E-state index in [1.54, 1.807) is 25.1 Å². The third-order valence-electron chi connectivity index (χ3n) is 4.25. The number of sulfonamides is 1. The summed E-state index contributed by atoms with van der Waals surface area (Å²) in [6.07, 6.45) is -4.58. The molecule has 0 spiro atoms. The smallest absolute Gasteiger partial charge is 0.322 e. The summed E-state index contributed by atoms with van der Waals surface area (Å²) in [6, 6.07) is 16.2. The second-order valence-corrected chi connectivity index (χ2v) is 8.16. The van der Waals surface area contributed by atoms with Crippen LogP contribution in [0.3, 0.4) is 0 Å². The van der Waals surface area contributed by atoms with E-state index in [1.165, 1.54) is 30.3 Å². The van der Waals surface area contributed by atoms with Crippen molar-refractivity contribution in [1.29, 1.82) is 0 Å². The lowest BCUT2D eigenvalue weighted by atomic mass is 10.1. The molecule has 0 aliphatic heterocycles. The molecule has 3 rings (SSSR count). The topological polar surface area (TPSA) is 75.3 Å². The monoisotopic (exact) mass is 434 g/mol. The van der Waals surface area contributed by atoms with E-state index in [0.717, 1.165) is 17.7 Å². The van der Waals surface area contributed by atoms with E-state index in [-0.39, 0.29) is 16.5 Å². The molecule has 9 heteroatoms. The third kappa shape index (κ3) is 4.98. The Hall–Kier alpha value is -3.33. The summed E-state index contributed by atoms with van der Waals surface area (Å²) < 4.78 is 65.5. The minimum atomic E-state index is -4.58. The largest absolute Gasteiger partial charge is 0.416 e. The van der Waals surface area contributed by atoms with Crippen LogP contribution in [0.25, 0.3) is 0 Å². The van der Waals surface area contributed by atoms with Crippen molar-refractivity contribution in [3.8, 4) is 0 Å². The number of carbonyl (C=O) groups is 1. The fourth-order valence-electron chi connectivity index (χ4n) is 2.72. The van der Waals surface area contributed by atoms with E-state index >= 15 is 0 Å². The quantitative estimate of drug-likeness (QED) is 0.589. The fraction of sp³-hybridized carbons (Fsp3) is 0.0952. The Kier molecular flexibility index (Phi) is 5.84. The molecule has 0 aliphatic rings. The maximum atomic E-state index is 12.8. The molecule has 5 nitrogen and oxygen atoms in total. The van der Waals surface area contributed by atoms with Crippen LogP contribution in [-0.4, -0.2) is 14.3 Å². The van der Waals surface area contributed by atoms with Gasteiger partial charge in [0.25, 0.3) is 15.9 Å². The van der Waals surface area contributed by atoms with E-state index in [1.807, 2.05) is 6.07 Å². The molecule has 0 saturated carbocycles. The summed E-state index contributed by atoms with van der Waals surface area (Å²) >= 11 is 0. The molecule has 0 unspecified atom stereocenters. The number of halogens is 3. The molecule has 1 amide bonds. The van der Waals surface area contributed by atoms with Gasteiger partial charge in [0, 0.05) is 16.9 Å². The van der Waals surface area contributed by atoms with Crippen LogP contribution in [0.4, 0.5) is 24.5 Å². The molecule has 0 atom stereocenters. The molecule has 3 aromatic rings. The summed E-state index contributed by atoms with van der Waals surface area (Å²) in [5.74, 6) is -0.342. The zero-order chi connectivity index (χ0) is 21.9. The molecule has 0 fully saturated rings. The highest BCUT2D eigenvalue weighted by atomic mass is 32.2. The number of hydrogen-bond acceptors (Lipinski definition) is 3. The lowest BCUT2D eigenvalue weighted by Crippen LogP contribution is -2.15. The minimum Gasteiger partial charge on any atom is -0.322 e. The second kappa shape index (κ2) is 8.19. The van der Waals surface area contributed by atoms with Crippen molar-refractivity contribution in [2.75, 3.05) is 10.0 Å². The fourth-order valence-corrected chi connectivity index (χ4v) is 3.77. The van der Waals surface area contributed by atoms with Crippen molar-refractivity contribution in [1.82, 2.24) is 0 Å². The first-order valence-electron chi connectivity index (χ1n) is 8.73. The van der Waals surface area contributed by atoms with Crippen LogP contribution in [0.15, 0.2) is 77.7 Å². The van der Waals surface area contributed by atoms with Crippen LogP contribution < -0.4 is 10.0 Å². The molecule has 0 aromatic heterocycles. The number of nitrogens with one attached hydrogen (secondary N) is 2. The predicted octanol–water partition coefficient (Wildman–Crippen LogP) is 5.07. The molecular formula is C21H17F3N2O3S. The number of amides is 1. The Morgan fingerprint density at radius 3 is 2.17 bits per heavy atom. The summed E-state index contributed by atoms with van der Waals surface area (Å²) in [6.45, 7) is 1.80. The van der Waals surface area contributed by atoms with Gasteiger partial charge < -0.3 is 5.32 Å². The van der Waals surface area contributed by atoms with E-state index in [0.29, 0.717) is 17.3 Å². The van der Waals surface area contributed by atoms with Gasteiger partial charge in [0.15, 0.2) is 0 Å². The lowest BCUT2D eigenvalue weighted by molar-refractivity contribution is -0.137. The van der Waals surface area contributed by atoms with Crippen molar-refractivity contribution in [2.45, 2.75) is 18.0 Å². The Balaban J connectivity index is 1.75. The van der Waals surface area contributed by atoms with Crippen molar-refractivity contribution in [3.05, 3.63) is 89.5 Å². The maximum absolute atomic E-state index is 12.8. The molecule has 30 heavy (non-hydrogen) atoms. The first-order valence-corrected chi connectivity index (χ1v) is 10.2. The Morgan fingerprint density at radius 2 is 1.53 bits per heavy atom.